The first-order chi connectivity index (χ1) is 8.56. The van der Waals surface area contributed by atoms with E-state index in [1.54, 1.807) is 18.2 Å². The average molecular weight is 306 g/mol. The molecule has 1 aromatic heterocycles. The van der Waals surface area contributed by atoms with Gasteiger partial charge in [0.05, 0.1) is 5.69 Å². The molecule has 1 amide bonds. The topological polar surface area (TPSA) is 68.0 Å². The van der Waals surface area contributed by atoms with Crippen molar-refractivity contribution in [2.45, 2.75) is 6.92 Å². The number of amides is 1. The molecule has 0 spiro atoms. The maximum atomic E-state index is 12.0. The number of aromatic nitrogens is 1. The van der Waals surface area contributed by atoms with Crippen molar-refractivity contribution < 1.29 is 4.79 Å². The number of rotatable bonds is 2. The third kappa shape index (κ3) is 2.87. The number of nitrogen functional groups attached to an aromatic ring is 1. The van der Waals surface area contributed by atoms with Gasteiger partial charge in [0, 0.05) is 4.47 Å². The van der Waals surface area contributed by atoms with E-state index in [0.717, 1.165) is 10.0 Å². The van der Waals surface area contributed by atoms with Crippen LogP contribution in [0, 0.1) is 6.92 Å². The van der Waals surface area contributed by atoms with Gasteiger partial charge in [-0.3, -0.25) is 4.79 Å². The highest BCUT2D eigenvalue weighted by Crippen LogP contribution is 2.23. The first-order valence-corrected chi connectivity index (χ1v) is 6.15. The van der Waals surface area contributed by atoms with Crippen LogP contribution in [0.1, 0.15) is 16.1 Å². The van der Waals surface area contributed by atoms with Crippen molar-refractivity contribution in [2.75, 3.05) is 11.1 Å². The summed E-state index contributed by atoms with van der Waals surface area (Å²) >= 11 is 3.40. The lowest BCUT2D eigenvalue weighted by Crippen LogP contribution is -2.14. The number of nitrogens with one attached hydrogen (secondary N) is 1. The molecule has 4 nitrogen and oxygen atoms in total. The second-order valence-corrected chi connectivity index (χ2v) is 4.74. The molecule has 0 aliphatic heterocycles. The van der Waals surface area contributed by atoms with Crippen LogP contribution in [0.4, 0.5) is 11.5 Å². The Morgan fingerprint density at radius 3 is 2.78 bits per heavy atom. The largest absolute Gasteiger partial charge is 0.384 e. The molecule has 5 heteroatoms. The molecule has 3 N–H and O–H groups in total. The predicted molar refractivity (Wildman–Crippen MR) is 75.5 cm³/mol. The highest BCUT2D eigenvalue weighted by atomic mass is 79.9. The van der Waals surface area contributed by atoms with Crippen LogP contribution in [0.25, 0.3) is 0 Å². The van der Waals surface area contributed by atoms with Crippen molar-refractivity contribution in [1.29, 1.82) is 0 Å². The van der Waals surface area contributed by atoms with Gasteiger partial charge in [0.1, 0.15) is 11.5 Å². The number of benzene rings is 1. The van der Waals surface area contributed by atoms with Crippen LogP contribution in [-0.4, -0.2) is 10.9 Å². The van der Waals surface area contributed by atoms with E-state index in [1.165, 1.54) is 0 Å². The molecule has 0 bridgehead atoms. The third-order valence-electron chi connectivity index (χ3n) is 2.38. The van der Waals surface area contributed by atoms with Gasteiger partial charge in [-0.1, -0.05) is 12.1 Å². The Kier molecular flexibility index (Phi) is 3.62. The summed E-state index contributed by atoms with van der Waals surface area (Å²) in [5.74, 6) is 0.0393. The maximum absolute atomic E-state index is 12.0. The monoisotopic (exact) mass is 305 g/mol. The summed E-state index contributed by atoms with van der Waals surface area (Å²) < 4.78 is 0.833. The molecule has 92 valence electrons. The molecule has 0 radical (unpaired) electrons. The van der Waals surface area contributed by atoms with Gasteiger partial charge in [-0.25, -0.2) is 4.98 Å². The van der Waals surface area contributed by atoms with E-state index in [0.29, 0.717) is 17.2 Å². The number of nitrogens with two attached hydrogens (primary N) is 1. The van der Waals surface area contributed by atoms with E-state index >= 15 is 0 Å². The van der Waals surface area contributed by atoms with Crippen molar-refractivity contribution in [1.82, 2.24) is 4.98 Å². The number of carbonyl (C=O) groups excluding carboxylic acids is 1. The summed E-state index contributed by atoms with van der Waals surface area (Å²) in [5.41, 5.74) is 7.65. The normalized spacial score (nSPS) is 10.1. The van der Waals surface area contributed by atoms with Crippen LogP contribution < -0.4 is 11.1 Å². The fourth-order valence-corrected chi connectivity index (χ4v) is 2.08. The predicted octanol–water partition coefficient (Wildman–Crippen LogP) is 2.99. The van der Waals surface area contributed by atoms with Crippen molar-refractivity contribution in [3.05, 3.63) is 52.1 Å². The summed E-state index contributed by atoms with van der Waals surface area (Å²) in [7, 11) is 0. The van der Waals surface area contributed by atoms with Gasteiger partial charge in [0.2, 0.25) is 0 Å². The zero-order valence-electron chi connectivity index (χ0n) is 9.77. The minimum absolute atomic E-state index is 0.285. The van der Waals surface area contributed by atoms with Crippen molar-refractivity contribution in [3.63, 3.8) is 0 Å². The number of anilines is 2. The Labute approximate surface area is 113 Å². The highest BCUT2D eigenvalue weighted by molar-refractivity contribution is 9.10. The third-order valence-corrected chi connectivity index (χ3v) is 3.03. The van der Waals surface area contributed by atoms with Gasteiger partial charge >= 0.3 is 0 Å². The van der Waals surface area contributed by atoms with Gasteiger partial charge in [0.25, 0.3) is 5.91 Å². The minimum atomic E-state index is -0.285. The Balaban J connectivity index is 2.21. The summed E-state index contributed by atoms with van der Waals surface area (Å²) in [4.78, 5) is 15.9. The van der Waals surface area contributed by atoms with Crippen LogP contribution in [0.2, 0.25) is 0 Å². The van der Waals surface area contributed by atoms with Gasteiger partial charge in [0.15, 0.2) is 0 Å². The highest BCUT2D eigenvalue weighted by Gasteiger charge is 2.09. The Hall–Kier alpha value is -1.88. The van der Waals surface area contributed by atoms with Crippen molar-refractivity contribution >= 4 is 33.3 Å². The van der Waals surface area contributed by atoms with Crippen LogP contribution >= 0.6 is 15.9 Å². The number of hydrogen-bond donors (Lipinski definition) is 2. The van der Waals surface area contributed by atoms with E-state index in [-0.39, 0.29) is 5.91 Å². The summed E-state index contributed by atoms with van der Waals surface area (Å²) in [5, 5.41) is 2.78. The Bertz CT molecular complexity index is 599. The summed E-state index contributed by atoms with van der Waals surface area (Å²) in [6.45, 7) is 1.98. The molecule has 0 saturated heterocycles. The summed E-state index contributed by atoms with van der Waals surface area (Å²) in [6.07, 6.45) is 0. The summed E-state index contributed by atoms with van der Waals surface area (Å²) in [6, 6.07) is 10.6. The molecule has 0 aliphatic rings. The van der Waals surface area contributed by atoms with Crippen LogP contribution in [-0.2, 0) is 0 Å². The minimum Gasteiger partial charge on any atom is -0.384 e. The van der Waals surface area contributed by atoms with Crippen molar-refractivity contribution in [2.24, 2.45) is 0 Å². The van der Waals surface area contributed by atoms with E-state index in [2.05, 4.69) is 26.2 Å². The fraction of sp³-hybridized carbons (Fsp3) is 0.0769. The van der Waals surface area contributed by atoms with Gasteiger partial charge < -0.3 is 11.1 Å². The zero-order valence-corrected chi connectivity index (χ0v) is 11.4. The number of nitrogens with zero attached hydrogens (tertiary/aromatic N) is 1. The molecule has 1 aromatic carbocycles. The molecule has 0 fully saturated rings. The zero-order chi connectivity index (χ0) is 13.1. The standard InChI is InChI=1S/C13H12BrN3O/c1-8-5-6-10(9(14)7-8)17-13(18)11-3-2-4-12(15)16-11/h2-7H,1H3,(H2,15,16)(H,17,18). The lowest BCUT2D eigenvalue weighted by atomic mass is 10.2. The second kappa shape index (κ2) is 5.18. The molecule has 2 aromatic rings. The Morgan fingerprint density at radius 1 is 1.33 bits per heavy atom. The Morgan fingerprint density at radius 2 is 2.11 bits per heavy atom. The molecule has 0 unspecified atom stereocenters. The van der Waals surface area contributed by atoms with Crippen molar-refractivity contribution in [3.8, 4) is 0 Å². The lowest BCUT2D eigenvalue weighted by molar-refractivity contribution is 0.102. The molecule has 0 atom stereocenters. The van der Waals surface area contributed by atoms with Crippen LogP contribution in [0.5, 0.6) is 0 Å². The first kappa shape index (κ1) is 12.6. The number of carbonyl (C=O) groups is 1. The number of halogens is 1. The van der Waals surface area contributed by atoms with Gasteiger partial charge in [-0.05, 0) is 52.7 Å². The van der Waals surface area contributed by atoms with Crippen LogP contribution in [0.15, 0.2) is 40.9 Å². The SMILES string of the molecule is Cc1ccc(NC(=O)c2cccc(N)n2)c(Br)c1. The molecular weight excluding hydrogens is 294 g/mol. The van der Waals surface area contributed by atoms with E-state index in [1.807, 2.05) is 25.1 Å². The smallest absolute Gasteiger partial charge is 0.274 e. The molecule has 1 heterocycles. The first-order valence-electron chi connectivity index (χ1n) is 5.36. The fourth-order valence-electron chi connectivity index (χ4n) is 1.49. The molecule has 0 saturated carbocycles. The number of pyridine rings is 1. The number of aryl methyl sites for hydroxylation is 1. The molecular formula is C13H12BrN3O. The molecule has 2 rings (SSSR count). The second-order valence-electron chi connectivity index (χ2n) is 3.89. The quantitative estimate of drug-likeness (QED) is 0.896. The molecule has 18 heavy (non-hydrogen) atoms. The average Bonchev–Trinajstić information content (AvgIpc) is 2.32. The van der Waals surface area contributed by atoms with Crippen LogP contribution in [0.3, 0.4) is 0 Å². The van der Waals surface area contributed by atoms with E-state index in [9.17, 15) is 4.79 Å². The van der Waals surface area contributed by atoms with E-state index in [4.69, 9.17) is 5.73 Å². The molecule has 0 aliphatic carbocycles. The van der Waals surface area contributed by atoms with E-state index < -0.39 is 0 Å². The maximum Gasteiger partial charge on any atom is 0.274 e. The van der Waals surface area contributed by atoms with Gasteiger partial charge in [-0.15, -0.1) is 0 Å². The number of hydrogen-bond acceptors (Lipinski definition) is 3. The lowest BCUT2D eigenvalue weighted by Gasteiger charge is -2.07. The van der Waals surface area contributed by atoms with Gasteiger partial charge in [-0.2, -0.15) is 0 Å².